The Bertz CT molecular complexity index is 857. The number of imidazole rings is 1. The number of nitrogens with zero attached hydrogens (tertiary/aromatic N) is 2. The lowest BCUT2D eigenvalue weighted by Crippen LogP contribution is -2.24. The highest BCUT2D eigenvalue weighted by Gasteiger charge is 2.13. The van der Waals surface area contributed by atoms with Crippen molar-refractivity contribution in [3.8, 4) is 0 Å². The minimum Gasteiger partial charge on any atom is -0.349 e. The Kier molecular flexibility index (Phi) is 4.89. The molecule has 0 bridgehead atoms. The molecule has 0 atom stereocenters. The van der Waals surface area contributed by atoms with Crippen molar-refractivity contribution in [2.45, 2.75) is 32.9 Å². The Morgan fingerprint density at radius 2 is 1.92 bits per heavy atom. The van der Waals surface area contributed by atoms with E-state index in [1.165, 1.54) is 6.07 Å². The molecule has 1 amide bonds. The summed E-state index contributed by atoms with van der Waals surface area (Å²) >= 11 is 0. The molecule has 0 saturated carbocycles. The maximum atomic E-state index is 14.0. The van der Waals surface area contributed by atoms with Gasteiger partial charge in [-0.1, -0.05) is 37.3 Å². The second-order valence-electron chi connectivity index (χ2n) is 5.72. The number of para-hydroxylation sites is 2. The van der Waals surface area contributed by atoms with Crippen LogP contribution in [0.15, 0.2) is 48.5 Å². The topological polar surface area (TPSA) is 46.9 Å². The monoisotopic (exact) mass is 325 g/mol. The van der Waals surface area contributed by atoms with Gasteiger partial charge in [0.1, 0.15) is 11.6 Å². The molecule has 1 heterocycles. The smallest absolute Gasteiger partial charge is 0.220 e. The molecule has 4 nitrogen and oxygen atoms in total. The van der Waals surface area contributed by atoms with Crippen LogP contribution in [0.25, 0.3) is 11.0 Å². The number of carbonyl (C=O) groups excluding carboxylic acids is 1. The number of benzene rings is 2. The van der Waals surface area contributed by atoms with E-state index in [4.69, 9.17) is 0 Å². The maximum absolute atomic E-state index is 14.0. The van der Waals surface area contributed by atoms with E-state index in [1.54, 1.807) is 12.1 Å². The van der Waals surface area contributed by atoms with Gasteiger partial charge in [0.05, 0.1) is 24.1 Å². The first-order valence-corrected chi connectivity index (χ1v) is 8.13. The average Bonchev–Trinajstić information content (AvgIpc) is 2.93. The van der Waals surface area contributed by atoms with Crippen molar-refractivity contribution in [2.75, 3.05) is 0 Å². The van der Waals surface area contributed by atoms with Gasteiger partial charge in [-0.2, -0.15) is 0 Å². The third-order valence-corrected chi connectivity index (χ3v) is 3.94. The molecule has 0 fully saturated rings. The zero-order valence-corrected chi connectivity index (χ0v) is 13.6. The summed E-state index contributed by atoms with van der Waals surface area (Å²) in [5, 5.41) is 2.89. The van der Waals surface area contributed by atoms with E-state index in [0.29, 0.717) is 25.1 Å². The highest BCUT2D eigenvalue weighted by atomic mass is 19.1. The van der Waals surface area contributed by atoms with Crippen LogP contribution in [-0.2, 0) is 17.9 Å². The van der Waals surface area contributed by atoms with Crippen molar-refractivity contribution < 1.29 is 9.18 Å². The van der Waals surface area contributed by atoms with Crippen LogP contribution in [-0.4, -0.2) is 15.5 Å². The molecule has 3 aromatic rings. The van der Waals surface area contributed by atoms with Gasteiger partial charge in [0.25, 0.3) is 0 Å². The lowest BCUT2D eigenvalue weighted by atomic mass is 10.2. The van der Waals surface area contributed by atoms with Crippen molar-refractivity contribution >= 4 is 16.9 Å². The Morgan fingerprint density at radius 1 is 1.17 bits per heavy atom. The molecule has 0 unspecified atom stereocenters. The van der Waals surface area contributed by atoms with Crippen molar-refractivity contribution in [3.63, 3.8) is 0 Å². The van der Waals surface area contributed by atoms with E-state index in [0.717, 1.165) is 23.3 Å². The number of fused-ring (bicyclic) bond motifs is 1. The fraction of sp³-hybridized carbons (Fsp3) is 0.263. The van der Waals surface area contributed by atoms with E-state index in [1.807, 2.05) is 41.8 Å². The number of amides is 1. The first kappa shape index (κ1) is 16.2. The van der Waals surface area contributed by atoms with Crippen LogP contribution in [0.1, 0.15) is 31.2 Å². The normalized spacial score (nSPS) is 10.9. The molecule has 0 saturated heterocycles. The van der Waals surface area contributed by atoms with E-state index in [2.05, 4.69) is 10.3 Å². The minimum absolute atomic E-state index is 0.00185. The van der Waals surface area contributed by atoms with Crippen molar-refractivity contribution in [3.05, 3.63) is 65.7 Å². The Hall–Kier alpha value is -2.69. The van der Waals surface area contributed by atoms with Crippen LogP contribution >= 0.6 is 0 Å². The summed E-state index contributed by atoms with van der Waals surface area (Å²) in [5.74, 6) is 0.488. The average molecular weight is 325 g/mol. The largest absolute Gasteiger partial charge is 0.349 e. The summed E-state index contributed by atoms with van der Waals surface area (Å²) in [7, 11) is 0. The van der Waals surface area contributed by atoms with Crippen LogP contribution in [0.4, 0.5) is 4.39 Å². The van der Waals surface area contributed by atoms with E-state index >= 15 is 0 Å². The summed E-state index contributed by atoms with van der Waals surface area (Å²) in [5.41, 5.74) is 2.37. The van der Waals surface area contributed by atoms with Crippen LogP contribution in [0, 0.1) is 5.82 Å². The molecule has 1 aromatic heterocycles. The standard InChI is InChI=1S/C19H20FN3O/c1-2-7-19(24)21-12-18-22-16-10-5-6-11-17(16)23(18)13-14-8-3-4-9-15(14)20/h3-6,8-11H,2,7,12-13H2,1H3,(H,21,24). The molecule has 5 heteroatoms. The van der Waals surface area contributed by atoms with Gasteiger partial charge in [-0.15, -0.1) is 0 Å². The third kappa shape index (κ3) is 3.45. The first-order valence-electron chi connectivity index (χ1n) is 8.13. The number of nitrogens with one attached hydrogen (secondary N) is 1. The molecule has 0 radical (unpaired) electrons. The molecule has 124 valence electrons. The molecular formula is C19H20FN3O. The SMILES string of the molecule is CCCC(=O)NCc1nc2ccccc2n1Cc1ccccc1F. The number of rotatable bonds is 6. The molecular weight excluding hydrogens is 305 g/mol. The summed E-state index contributed by atoms with van der Waals surface area (Å²) in [4.78, 5) is 16.3. The Balaban J connectivity index is 1.93. The van der Waals surface area contributed by atoms with Gasteiger partial charge >= 0.3 is 0 Å². The molecule has 0 aliphatic carbocycles. The first-order chi connectivity index (χ1) is 11.7. The molecule has 2 aromatic carbocycles. The summed E-state index contributed by atoms with van der Waals surface area (Å²) < 4.78 is 16.0. The van der Waals surface area contributed by atoms with Gasteiger partial charge in [0, 0.05) is 12.0 Å². The van der Waals surface area contributed by atoms with Crippen LogP contribution in [0.2, 0.25) is 0 Å². The number of carbonyl (C=O) groups is 1. The summed E-state index contributed by atoms with van der Waals surface area (Å²) in [6.07, 6.45) is 1.30. The fourth-order valence-electron chi connectivity index (χ4n) is 2.73. The Morgan fingerprint density at radius 3 is 2.71 bits per heavy atom. The molecule has 24 heavy (non-hydrogen) atoms. The zero-order chi connectivity index (χ0) is 16.9. The van der Waals surface area contributed by atoms with Gasteiger partial charge in [-0.05, 0) is 24.6 Å². The number of halogens is 1. The summed E-state index contributed by atoms with van der Waals surface area (Å²) in [6.45, 7) is 2.68. The lowest BCUT2D eigenvalue weighted by Gasteiger charge is -2.11. The van der Waals surface area contributed by atoms with Crippen molar-refractivity contribution in [2.24, 2.45) is 0 Å². The van der Waals surface area contributed by atoms with Gasteiger partial charge in [0.15, 0.2) is 0 Å². The fourth-order valence-corrected chi connectivity index (χ4v) is 2.73. The van der Waals surface area contributed by atoms with Crippen LogP contribution < -0.4 is 5.32 Å². The molecule has 0 aliphatic heterocycles. The molecule has 0 spiro atoms. The van der Waals surface area contributed by atoms with E-state index in [9.17, 15) is 9.18 Å². The predicted octanol–water partition coefficient (Wildman–Crippen LogP) is 3.64. The number of hydrogen-bond acceptors (Lipinski definition) is 2. The van der Waals surface area contributed by atoms with E-state index < -0.39 is 0 Å². The van der Waals surface area contributed by atoms with Gasteiger partial charge in [-0.25, -0.2) is 9.37 Å². The molecule has 3 rings (SSSR count). The highest BCUT2D eigenvalue weighted by Crippen LogP contribution is 2.19. The molecule has 0 aliphatic rings. The Labute approximate surface area is 140 Å². The maximum Gasteiger partial charge on any atom is 0.220 e. The van der Waals surface area contributed by atoms with Crippen molar-refractivity contribution in [1.29, 1.82) is 0 Å². The predicted molar refractivity (Wildman–Crippen MR) is 92.0 cm³/mol. The van der Waals surface area contributed by atoms with Crippen molar-refractivity contribution in [1.82, 2.24) is 14.9 Å². The van der Waals surface area contributed by atoms with Gasteiger partial charge in [-0.3, -0.25) is 4.79 Å². The van der Waals surface area contributed by atoms with Gasteiger partial charge in [0.2, 0.25) is 5.91 Å². The second-order valence-corrected chi connectivity index (χ2v) is 5.72. The highest BCUT2D eigenvalue weighted by molar-refractivity contribution is 5.77. The second kappa shape index (κ2) is 7.25. The molecule has 1 N–H and O–H groups in total. The quantitative estimate of drug-likeness (QED) is 0.752. The van der Waals surface area contributed by atoms with Gasteiger partial charge < -0.3 is 9.88 Å². The van der Waals surface area contributed by atoms with Crippen LogP contribution in [0.5, 0.6) is 0 Å². The van der Waals surface area contributed by atoms with Crippen LogP contribution in [0.3, 0.4) is 0 Å². The third-order valence-electron chi connectivity index (χ3n) is 3.94. The summed E-state index contributed by atoms with van der Waals surface area (Å²) in [6, 6.07) is 14.5. The zero-order valence-electron chi connectivity index (χ0n) is 13.6. The lowest BCUT2D eigenvalue weighted by molar-refractivity contribution is -0.121. The number of aromatic nitrogens is 2. The minimum atomic E-state index is -0.240. The van der Waals surface area contributed by atoms with E-state index in [-0.39, 0.29) is 11.7 Å². The number of hydrogen-bond donors (Lipinski definition) is 1.